The van der Waals surface area contributed by atoms with Crippen LogP contribution in [0.3, 0.4) is 0 Å². The zero-order valence-corrected chi connectivity index (χ0v) is 29.7. The molecule has 1 aromatic carbocycles. The lowest BCUT2D eigenvalue weighted by Gasteiger charge is -2.34. The molecule has 3 heterocycles. The van der Waals surface area contributed by atoms with E-state index in [-0.39, 0.29) is 38.8 Å². The molecule has 0 radical (unpaired) electrons. The Morgan fingerprint density at radius 3 is 2.60 bits per heavy atom. The van der Waals surface area contributed by atoms with Crippen molar-refractivity contribution in [2.24, 2.45) is 22.7 Å². The zero-order valence-electron chi connectivity index (χ0n) is 28.9. The second kappa shape index (κ2) is 13.7. The van der Waals surface area contributed by atoms with Crippen LogP contribution in [0.4, 0.5) is 0 Å². The maximum absolute atomic E-state index is 14.5. The number of aliphatic hydroxyl groups excluding tert-OH is 1. The van der Waals surface area contributed by atoms with Crippen molar-refractivity contribution in [1.29, 1.82) is 0 Å². The van der Waals surface area contributed by atoms with Gasteiger partial charge in [0.25, 0.3) is 0 Å². The van der Waals surface area contributed by atoms with Crippen LogP contribution in [0.2, 0.25) is 0 Å². The summed E-state index contributed by atoms with van der Waals surface area (Å²) in [7, 11) is -3.85. The standard InChI is InChI=1S/C37H47N3O9S/c1-5-24-19-37(24,35(45)39-50(46,47)26-11-12-26)20-31(42)29-17-25-21-40(29)34(44)28(36(2,3)4)18-32(43)48-15-7-6-8-30(41)23-10-9-22-13-14-38-33(49-25)27(22)16-23/h5,9-10,13-14,16,24-26,28-30,41H,1,6-8,11-12,15,17-21H2,2-4H3,(H,39,45)/t24-,25-,28?,29?,30+,37-/m1/s1. The third kappa shape index (κ3) is 7.44. The number of benzene rings is 1. The lowest BCUT2D eigenvalue weighted by molar-refractivity contribution is -0.153. The van der Waals surface area contributed by atoms with E-state index < -0.39 is 79.8 Å². The molecule has 13 heteroatoms. The van der Waals surface area contributed by atoms with Crippen LogP contribution in [0.15, 0.2) is 43.1 Å². The largest absolute Gasteiger partial charge is 0.472 e. The van der Waals surface area contributed by atoms with E-state index >= 15 is 0 Å². The monoisotopic (exact) mass is 709 g/mol. The Kier molecular flexibility index (Phi) is 9.86. The van der Waals surface area contributed by atoms with Crippen LogP contribution in [0.25, 0.3) is 10.8 Å². The Bertz CT molecular complexity index is 1800. The van der Waals surface area contributed by atoms with Gasteiger partial charge in [0.1, 0.15) is 6.10 Å². The number of rotatable bonds is 7. The minimum Gasteiger partial charge on any atom is -0.472 e. The molecule has 50 heavy (non-hydrogen) atoms. The van der Waals surface area contributed by atoms with Gasteiger partial charge < -0.3 is 19.5 Å². The number of amides is 2. The van der Waals surface area contributed by atoms with E-state index in [9.17, 15) is 32.7 Å². The number of carbonyl (C=O) groups is 4. The molecule has 1 aromatic heterocycles. The Morgan fingerprint density at radius 2 is 1.92 bits per heavy atom. The molecule has 1 saturated heterocycles. The number of fused-ring (bicyclic) bond motifs is 3. The first-order valence-corrected chi connectivity index (χ1v) is 19.1. The highest BCUT2D eigenvalue weighted by atomic mass is 32.2. The molecule has 6 rings (SSSR count). The third-order valence-corrected chi connectivity index (χ3v) is 12.6. The van der Waals surface area contributed by atoms with Gasteiger partial charge in [0.15, 0.2) is 5.78 Å². The Labute approximate surface area is 293 Å². The number of nitrogens with zero attached hydrogens (tertiary/aromatic N) is 2. The lowest BCUT2D eigenvalue weighted by atomic mass is 9.77. The number of hydrogen-bond acceptors (Lipinski definition) is 10. The van der Waals surface area contributed by atoms with Crippen molar-refractivity contribution in [1.82, 2.24) is 14.6 Å². The maximum Gasteiger partial charge on any atom is 0.306 e. The first-order valence-electron chi connectivity index (χ1n) is 17.5. The van der Waals surface area contributed by atoms with Gasteiger partial charge in [-0.2, -0.15) is 0 Å². The number of cyclic esters (lactones) is 1. The lowest BCUT2D eigenvalue weighted by Crippen LogP contribution is -2.48. The molecule has 2 amide bonds. The molecule has 2 unspecified atom stereocenters. The molecule has 12 nitrogen and oxygen atoms in total. The normalized spacial score (nSPS) is 29.4. The molecule has 2 aromatic rings. The minimum absolute atomic E-state index is 0.0252. The van der Waals surface area contributed by atoms with Crippen LogP contribution in [0, 0.1) is 22.7 Å². The number of ketones is 1. The smallest absolute Gasteiger partial charge is 0.306 e. The number of pyridine rings is 1. The number of esters is 1. The molecule has 2 N–H and O–H groups in total. The number of nitrogens with one attached hydrogen (secondary N) is 1. The number of aliphatic hydroxyl groups is 1. The number of ether oxygens (including phenoxy) is 2. The van der Waals surface area contributed by atoms with Gasteiger partial charge in [0.05, 0.1) is 48.3 Å². The Morgan fingerprint density at radius 1 is 1.16 bits per heavy atom. The summed E-state index contributed by atoms with van der Waals surface area (Å²) in [5.74, 6) is -2.98. The van der Waals surface area contributed by atoms with Crippen molar-refractivity contribution >= 4 is 44.4 Å². The summed E-state index contributed by atoms with van der Waals surface area (Å²) < 4.78 is 39.6. The Hall–Kier alpha value is -3.84. The summed E-state index contributed by atoms with van der Waals surface area (Å²) in [4.78, 5) is 61.3. The predicted octanol–water partition coefficient (Wildman–Crippen LogP) is 4.16. The highest BCUT2D eigenvalue weighted by Gasteiger charge is 2.61. The van der Waals surface area contributed by atoms with Gasteiger partial charge in [-0.15, -0.1) is 6.58 Å². The molecule has 6 atom stereocenters. The number of hydrogen-bond donors (Lipinski definition) is 2. The van der Waals surface area contributed by atoms with Gasteiger partial charge in [-0.25, -0.2) is 13.4 Å². The van der Waals surface area contributed by atoms with Gasteiger partial charge in [-0.1, -0.05) is 39.0 Å². The summed E-state index contributed by atoms with van der Waals surface area (Å²) >= 11 is 0. The summed E-state index contributed by atoms with van der Waals surface area (Å²) in [5.41, 5.74) is -1.28. The molecular weight excluding hydrogens is 662 g/mol. The zero-order chi connectivity index (χ0) is 36.0. The van der Waals surface area contributed by atoms with Crippen LogP contribution in [0.1, 0.15) is 90.2 Å². The predicted molar refractivity (Wildman–Crippen MR) is 184 cm³/mol. The van der Waals surface area contributed by atoms with Crippen molar-refractivity contribution < 1.29 is 42.2 Å². The molecule has 0 spiro atoms. The van der Waals surface area contributed by atoms with Crippen LogP contribution in [0.5, 0.6) is 5.88 Å². The van der Waals surface area contributed by atoms with Crippen molar-refractivity contribution in [2.75, 3.05) is 13.2 Å². The van der Waals surface area contributed by atoms with Crippen LogP contribution >= 0.6 is 0 Å². The average Bonchev–Trinajstić information content (AvgIpc) is 3.99. The van der Waals surface area contributed by atoms with E-state index in [0.717, 1.165) is 5.39 Å². The first-order chi connectivity index (χ1) is 23.6. The molecule has 2 saturated carbocycles. The molecule has 4 aliphatic rings. The number of carbonyl (C=O) groups excluding carboxylic acids is 4. The SMILES string of the molecule is C=C[C@@H]1C[C@]1(CC(=O)C1C[C@@H]2CN1C(=O)C(C(C)(C)C)CC(=O)OCCCC[C@H](O)c1ccc3ccnc(c3c1)O2)C(=O)NS(=O)(=O)C1CC1. The minimum atomic E-state index is -3.85. The number of sulfonamides is 1. The van der Waals surface area contributed by atoms with E-state index in [0.29, 0.717) is 48.9 Å². The van der Waals surface area contributed by atoms with Crippen LogP contribution < -0.4 is 9.46 Å². The number of aromatic nitrogens is 1. The second-order valence-corrected chi connectivity index (χ2v) is 17.4. The van der Waals surface area contributed by atoms with Gasteiger partial charge in [-0.05, 0) is 72.9 Å². The maximum atomic E-state index is 14.5. The molecule has 4 bridgehead atoms. The van der Waals surface area contributed by atoms with Gasteiger partial charge in [-0.3, -0.25) is 23.9 Å². The molecule has 2 aliphatic carbocycles. The fourth-order valence-electron chi connectivity index (χ4n) is 7.34. The summed E-state index contributed by atoms with van der Waals surface area (Å²) in [6.07, 6.45) is 4.22. The van der Waals surface area contributed by atoms with Crippen molar-refractivity contribution in [2.45, 2.75) is 102 Å². The Balaban J connectivity index is 1.33. The molecular formula is C37H47N3O9S. The van der Waals surface area contributed by atoms with E-state index in [2.05, 4.69) is 16.3 Å². The fourth-order valence-corrected chi connectivity index (χ4v) is 8.73. The fraction of sp³-hybridized carbons (Fsp3) is 0.595. The second-order valence-electron chi connectivity index (χ2n) is 15.5. The molecule has 2 aliphatic heterocycles. The first kappa shape index (κ1) is 36.0. The summed E-state index contributed by atoms with van der Waals surface area (Å²) in [5, 5.41) is 11.9. The third-order valence-electron chi connectivity index (χ3n) is 10.7. The summed E-state index contributed by atoms with van der Waals surface area (Å²) in [6.45, 7) is 9.54. The number of allylic oxidation sites excluding steroid dienone is 1. The van der Waals surface area contributed by atoms with Crippen molar-refractivity contribution in [3.05, 3.63) is 48.7 Å². The van der Waals surface area contributed by atoms with Crippen molar-refractivity contribution in [3.63, 3.8) is 0 Å². The van der Waals surface area contributed by atoms with E-state index in [1.54, 1.807) is 12.3 Å². The van der Waals surface area contributed by atoms with Gasteiger partial charge in [0, 0.05) is 24.4 Å². The molecule has 270 valence electrons. The van der Waals surface area contributed by atoms with E-state index in [1.807, 2.05) is 45.0 Å². The van der Waals surface area contributed by atoms with Crippen LogP contribution in [-0.4, -0.2) is 77.5 Å². The highest BCUT2D eigenvalue weighted by Crippen LogP contribution is 2.57. The van der Waals surface area contributed by atoms with E-state index in [4.69, 9.17) is 9.47 Å². The van der Waals surface area contributed by atoms with Gasteiger partial charge in [0.2, 0.25) is 27.7 Å². The van der Waals surface area contributed by atoms with Crippen molar-refractivity contribution in [3.8, 4) is 5.88 Å². The number of Topliss-reactive ketones (excluding diaryl/α,β-unsaturated/α-hetero) is 1. The van der Waals surface area contributed by atoms with Gasteiger partial charge >= 0.3 is 5.97 Å². The topological polar surface area (TPSA) is 169 Å². The average molecular weight is 710 g/mol. The summed E-state index contributed by atoms with van der Waals surface area (Å²) in [6, 6.07) is 6.40. The highest BCUT2D eigenvalue weighted by molar-refractivity contribution is 7.90. The quantitative estimate of drug-likeness (QED) is 0.315. The van der Waals surface area contributed by atoms with E-state index in [1.165, 1.54) is 4.90 Å². The van der Waals surface area contributed by atoms with Crippen LogP contribution in [-0.2, 0) is 33.9 Å². The molecule has 3 fully saturated rings.